The van der Waals surface area contributed by atoms with E-state index in [1.807, 2.05) is 6.92 Å². The maximum absolute atomic E-state index is 12.8. The molecule has 0 saturated carbocycles. The predicted octanol–water partition coefficient (Wildman–Crippen LogP) is 2.73. The highest BCUT2D eigenvalue weighted by atomic mass is 19.4. The fourth-order valence-corrected chi connectivity index (χ4v) is 2.65. The first kappa shape index (κ1) is 18.3. The molecule has 1 aromatic carbocycles. The third-order valence-corrected chi connectivity index (χ3v) is 3.68. The van der Waals surface area contributed by atoms with Crippen LogP contribution in [-0.2, 0) is 11.3 Å². The number of amides is 3. The van der Waals surface area contributed by atoms with E-state index in [4.69, 9.17) is 0 Å². The van der Waals surface area contributed by atoms with Gasteiger partial charge in [0.1, 0.15) is 6.04 Å². The lowest BCUT2D eigenvalue weighted by Crippen LogP contribution is -2.45. The maximum Gasteiger partial charge on any atom is 0.401 e. The van der Waals surface area contributed by atoms with Crippen LogP contribution in [0.2, 0.25) is 0 Å². The van der Waals surface area contributed by atoms with Gasteiger partial charge < -0.3 is 5.32 Å². The summed E-state index contributed by atoms with van der Waals surface area (Å²) in [6.07, 6.45) is -3.25. The molecule has 1 atom stereocenters. The first-order valence-corrected chi connectivity index (χ1v) is 7.75. The van der Waals surface area contributed by atoms with E-state index >= 15 is 0 Å². The van der Waals surface area contributed by atoms with Crippen molar-refractivity contribution in [3.63, 3.8) is 0 Å². The van der Waals surface area contributed by atoms with Gasteiger partial charge in [0.15, 0.2) is 0 Å². The van der Waals surface area contributed by atoms with Gasteiger partial charge >= 0.3 is 12.2 Å². The van der Waals surface area contributed by atoms with Crippen molar-refractivity contribution >= 4 is 11.9 Å². The number of hydrogen-bond acceptors (Lipinski definition) is 3. The maximum atomic E-state index is 12.8. The van der Waals surface area contributed by atoms with Gasteiger partial charge in [-0.1, -0.05) is 43.7 Å². The summed E-state index contributed by atoms with van der Waals surface area (Å²) in [6.45, 7) is 0.278. The fourth-order valence-electron chi connectivity index (χ4n) is 2.65. The van der Waals surface area contributed by atoms with Gasteiger partial charge in [-0.15, -0.1) is 0 Å². The number of carbonyl (C=O) groups excluding carboxylic acids is 2. The topological polar surface area (TPSA) is 52.7 Å². The highest BCUT2D eigenvalue weighted by molar-refractivity contribution is 6.04. The molecule has 8 heteroatoms. The normalized spacial score (nSPS) is 18.4. The Bertz CT molecular complexity index is 578. The zero-order chi connectivity index (χ0) is 17.7. The number of urea groups is 1. The van der Waals surface area contributed by atoms with Crippen LogP contribution in [0.5, 0.6) is 0 Å². The van der Waals surface area contributed by atoms with Crippen LogP contribution in [0.4, 0.5) is 18.0 Å². The molecular weight excluding hydrogens is 323 g/mol. The highest BCUT2D eigenvalue weighted by Gasteiger charge is 2.40. The zero-order valence-corrected chi connectivity index (χ0v) is 13.3. The van der Waals surface area contributed by atoms with Gasteiger partial charge in [0.05, 0.1) is 13.2 Å². The van der Waals surface area contributed by atoms with Crippen molar-refractivity contribution in [2.24, 2.45) is 0 Å². The lowest BCUT2D eigenvalue weighted by atomic mass is 10.2. The van der Waals surface area contributed by atoms with Gasteiger partial charge in [-0.05, 0) is 12.0 Å². The Balaban J connectivity index is 2.10. The Morgan fingerprint density at radius 2 is 1.88 bits per heavy atom. The average Bonchev–Trinajstić information content (AvgIpc) is 2.75. The Hall–Kier alpha value is -2.09. The lowest BCUT2D eigenvalue weighted by Gasteiger charge is -2.27. The van der Waals surface area contributed by atoms with E-state index in [9.17, 15) is 22.8 Å². The highest BCUT2D eigenvalue weighted by Crippen LogP contribution is 2.20. The minimum Gasteiger partial charge on any atom is -0.326 e. The molecule has 1 unspecified atom stereocenters. The number of benzene rings is 1. The number of carbonyl (C=O) groups is 2. The summed E-state index contributed by atoms with van der Waals surface area (Å²) < 4.78 is 38.5. The molecule has 1 saturated heterocycles. The summed E-state index contributed by atoms with van der Waals surface area (Å²) in [5.74, 6) is -0.470. The first-order valence-electron chi connectivity index (χ1n) is 7.75. The molecule has 0 aliphatic carbocycles. The molecule has 0 bridgehead atoms. The molecular formula is C16H20F3N3O2. The zero-order valence-electron chi connectivity index (χ0n) is 13.3. The number of halogens is 3. The van der Waals surface area contributed by atoms with Crippen molar-refractivity contribution in [1.82, 2.24) is 15.1 Å². The van der Waals surface area contributed by atoms with Gasteiger partial charge in [-0.25, -0.2) is 9.69 Å². The van der Waals surface area contributed by atoms with Crippen molar-refractivity contribution in [1.29, 1.82) is 0 Å². The van der Waals surface area contributed by atoms with E-state index in [-0.39, 0.29) is 13.2 Å². The van der Waals surface area contributed by atoms with E-state index in [1.165, 1.54) is 0 Å². The Kier molecular flexibility index (Phi) is 5.82. The smallest absolute Gasteiger partial charge is 0.326 e. The van der Waals surface area contributed by atoms with Crippen LogP contribution in [0, 0.1) is 0 Å². The van der Waals surface area contributed by atoms with Crippen LogP contribution < -0.4 is 5.32 Å². The molecule has 1 aromatic rings. The average molecular weight is 343 g/mol. The number of imide groups is 1. The van der Waals surface area contributed by atoms with Crippen LogP contribution in [0.25, 0.3) is 0 Å². The van der Waals surface area contributed by atoms with Gasteiger partial charge in [0.25, 0.3) is 5.91 Å². The Morgan fingerprint density at radius 3 is 2.46 bits per heavy atom. The van der Waals surface area contributed by atoms with Gasteiger partial charge in [0, 0.05) is 6.54 Å². The minimum absolute atomic E-state index is 0.00411. The molecule has 5 nitrogen and oxygen atoms in total. The van der Waals surface area contributed by atoms with Crippen LogP contribution >= 0.6 is 0 Å². The van der Waals surface area contributed by atoms with Gasteiger partial charge in [-0.2, -0.15) is 13.2 Å². The second-order valence-electron chi connectivity index (χ2n) is 5.79. The van der Waals surface area contributed by atoms with Crippen molar-refractivity contribution in [3.05, 3.63) is 35.9 Å². The second-order valence-corrected chi connectivity index (χ2v) is 5.79. The van der Waals surface area contributed by atoms with Crippen molar-refractivity contribution in [3.8, 4) is 0 Å². The molecule has 0 spiro atoms. The molecule has 24 heavy (non-hydrogen) atoms. The fraction of sp³-hybridized carbons (Fsp3) is 0.500. The summed E-state index contributed by atoms with van der Waals surface area (Å²) in [7, 11) is 0. The standard InChI is InChI=1S/C16H20F3N3O2/c1-2-6-13-14(23)22(15(24)20-13)11-21(10-16(17,18)19)9-12-7-4-3-5-8-12/h3-5,7-8,13H,2,6,9-11H2,1H3,(H,20,24). The van der Waals surface area contributed by atoms with Crippen LogP contribution in [0.15, 0.2) is 30.3 Å². The largest absolute Gasteiger partial charge is 0.401 e. The number of alkyl halides is 3. The van der Waals surface area contributed by atoms with E-state index in [1.54, 1.807) is 30.3 Å². The minimum atomic E-state index is -4.42. The molecule has 1 heterocycles. The molecule has 132 valence electrons. The first-order chi connectivity index (χ1) is 11.3. The summed E-state index contributed by atoms with van der Waals surface area (Å²) >= 11 is 0. The van der Waals surface area contributed by atoms with E-state index in [2.05, 4.69) is 5.32 Å². The van der Waals surface area contributed by atoms with Gasteiger partial charge in [-0.3, -0.25) is 9.69 Å². The van der Waals surface area contributed by atoms with E-state index in [0.29, 0.717) is 18.4 Å². The third-order valence-electron chi connectivity index (χ3n) is 3.68. The predicted molar refractivity (Wildman–Crippen MR) is 81.8 cm³/mol. The van der Waals surface area contributed by atoms with Crippen LogP contribution in [-0.4, -0.2) is 47.2 Å². The molecule has 1 N–H and O–H groups in total. The third kappa shape index (κ3) is 4.95. The molecule has 0 radical (unpaired) electrons. The Labute approximate surface area is 138 Å². The Morgan fingerprint density at radius 1 is 1.21 bits per heavy atom. The summed E-state index contributed by atoms with van der Waals surface area (Å²) in [6, 6.07) is 7.35. The second kappa shape index (κ2) is 7.65. The van der Waals surface area contributed by atoms with Crippen LogP contribution in [0.3, 0.4) is 0 Å². The van der Waals surface area contributed by atoms with Gasteiger partial charge in [0.2, 0.25) is 0 Å². The summed E-state index contributed by atoms with van der Waals surface area (Å²) in [5.41, 5.74) is 0.680. The number of nitrogens with zero attached hydrogens (tertiary/aromatic N) is 2. The molecule has 2 rings (SSSR count). The summed E-state index contributed by atoms with van der Waals surface area (Å²) in [4.78, 5) is 26.0. The molecule has 1 fully saturated rings. The quantitative estimate of drug-likeness (QED) is 0.775. The SMILES string of the molecule is CCCC1NC(=O)N(CN(Cc2ccccc2)CC(F)(F)F)C1=O. The summed E-state index contributed by atoms with van der Waals surface area (Å²) in [5, 5.41) is 2.52. The number of hydrogen-bond donors (Lipinski definition) is 1. The van der Waals surface area contributed by atoms with Crippen molar-refractivity contribution in [2.45, 2.75) is 38.5 Å². The lowest BCUT2D eigenvalue weighted by molar-refractivity contribution is -0.153. The van der Waals surface area contributed by atoms with E-state index in [0.717, 1.165) is 9.80 Å². The molecule has 1 aliphatic rings. The van der Waals surface area contributed by atoms with Crippen molar-refractivity contribution < 1.29 is 22.8 Å². The number of nitrogens with one attached hydrogen (secondary N) is 1. The van der Waals surface area contributed by atoms with Crippen LogP contribution in [0.1, 0.15) is 25.3 Å². The molecule has 0 aromatic heterocycles. The number of rotatable bonds is 7. The van der Waals surface area contributed by atoms with Crippen molar-refractivity contribution in [2.75, 3.05) is 13.2 Å². The monoisotopic (exact) mass is 343 g/mol. The molecule has 1 aliphatic heterocycles. The van der Waals surface area contributed by atoms with E-state index < -0.39 is 30.7 Å². The molecule has 3 amide bonds.